The van der Waals surface area contributed by atoms with E-state index in [-0.39, 0.29) is 30.8 Å². The van der Waals surface area contributed by atoms with Crippen LogP contribution in [0.2, 0.25) is 5.02 Å². The van der Waals surface area contributed by atoms with E-state index in [9.17, 15) is 34.4 Å². The van der Waals surface area contributed by atoms with Gasteiger partial charge < -0.3 is 9.45 Å². The van der Waals surface area contributed by atoms with Gasteiger partial charge in [-0.25, -0.2) is 13.0 Å². The van der Waals surface area contributed by atoms with Crippen LogP contribution in [-0.2, 0) is 47.7 Å². The first-order valence-electron chi connectivity index (χ1n) is 14.4. The molecule has 0 amide bonds. The van der Waals surface area contributed by atoms with Gasteiger partial charge in [0.25, 0.3) is 20.2 Å². The Morgan fingerprint density at radius 3 is 2.26 bits per heavy atom. The van der Waals surface area contributed by atoms with Gasteiger partial charge in [0.2, 0.25) is 0 Å². The molecule has 256 valence electrons. The lowest BCUT2D eigenvalue weighted by Gasteiger charge is -2.27. The van der Waals surface area contributed by atoms with Crippen molar-refractivity contribution in [2.24, 2.45) is 4.99 Å². The summed E-state index contributed by atoms with van der Waals surface area (Å²) in [4.78, 5) is 6.29. The van der Waals surface area contributed by atoms with Gasteiger partial charge in [0.15, 0.2) is 5.71 Å². The van der Waals surface area contributed by atoms with Crippen LogP contribution in [-0.4, -0.2) is 62.7 Å². The first-order chi connectivity index (χ1) is 21.5. The second-order valence-corrected chi connectivity index (χ2v) is 18.2. The molecule has 17 heteroatoms. The summed E-state index contributed by atoms with van der Waals surface area (Å²) < 4.78 is 101. The van der Waals surface area contributed by atoms with Crippen LogP contribution in [0.1, 0.15) is 51.7 Å². The number of aliphatic imine (C=N–C) groups is 1. The molecule has 0 radical (unpaired) electrons. The van der Waals surface area contributed by atoms with Gasteiger partial charge >= 0.3 is 5.82 Å². The minimum atomic E-state index is -4.72. The molecule has 0 fully saturated rings. The third-order valence-electron chi connectivity index (χ3n) is 8.15. The molecule has 1 aromatic carbocycles. The number of benzene rings is 1. The molecular formula is C30H35BrClN3O9S3. The molecule has 4 rings (SSSR count). The number of rotatable bonds is 12. The van der Waals surface area contributed by atoms with Gasteiger partial charge in [-0.15, -0.1) is 0 Å². The highest BCUT2D eigenvalue weighted by atomic mass is 79.9. The number of hydrogen-bond acceptors (Lipinski definition) is 9. The first kappa shape index (κ1) is 37.4. The van der Waals surface area contributed by atoms with Crippen LogP contribution in [0, 0.1) is 0 Å². The second kappa shape index (κ2) is 13.5. The fourth-order valence-corrected chi connectivity index (χ4v) is 7.72. The highest BCUT2D eigenvalue weighted by Crippen LogP contribution is 2.48. The van der Waals surface area contributed by atoms with Crippen molar-refractivity contribution in [3.8, 4) is 0 Å². The number of anilines is 1. The SMILES string of the molecule is CC1(C)C(/C=C/C(Br)=C/C=C2/N(CCCS(=O)(=O)O)c3ccc(S(=O)(=O)[O-])cc3C2(C)C)=Nc2c1cc(Cl)c[n+]2CCCS(=O)(=O)O. The van der Waals surface area contributed by atoms with Gasteiger partial charge in [-0.05, 0) is 79.4 Å². The van der Waals surface area contributed by atoms with Crippen LogP contribution >= 0.6 is 27.5 Å². The number of allylic oxidation sites excluding steroid dienone is 6. The van der Waals surface area contributed by atoms with Crippen molar-refractivity contribution < 1.29 is 43.5 Å². The lowest BCUT2D eigenvalue weighted by Crippen LogP contribution is -2.36. The molecule has 2 aliphatic heterocycles. The summed E-state index contributed by atoms with van der Waals surface area (Å²) >= 11 is 9.95. The van der Waals surface area contributed by atoms with E-state index in [4.69, 9.17) is 21.1 Å². The molecule has 0 saturated heterocycles. The fourth-order valence-electron chi connectivity index (χ4n) is 5.74. The van der Waals surface area contributed by atoms with E-state index >= 15 is 0 Å². The summed E-state index contributed by atoms with van der Waals surface area (Å²) in [6.07, 6.45) is 9.15. The Balaban J connectivity index is 1.66. The third-order valence-corrected chi connectivity index (χ3v) is 11.3. The monoisotopic (exact) mass is 791 g/mol. The first-order valence-corrected chi connectivity index (χ1v) is 20.2. The van der Waals surface area contributed by atoms with Gasteiger partial charge in [0, 0.05) is 34.2 Å². The highest BCUT2D eigenvalue weighted by molar-refractivity contribution is 9.11. The maximum absolute atomic E-state index is 11.8. The fraction of sp³-hybridized carbons (Fsp3) is 0.400. The molecule has 0 spiro atoms. The van der Waals surface area contributed by atoms with Gasteiger partial charge in [-0.1, -0.05) is 41.4 Å². The number of aryl methyl sites for hydroxylation is 1. The van der Waals surface area contributed by atoms with Gasteiger partial charge in [0.05, 0.1) is 38.9 Å². The Bertz CT molecular complexity index is 2060. The van der Waals surface area contributed by atoms with E-state index in [0.717, 1.165) is 5.56 Å². The van der Waals surface area contributed by atoms with Crippen LogP contribution < -0.4 is 9.47 Å². The average Bonchev–Trinajstić information content (AvgIpc) is 3.29. The molecule has 2 aliphatic rings. The number of hydrogen-bond donors (Lipinski definition) is 2. The number of fused-ring (bicyclic) bond motifs is 2. The number of pyridine rings is 1. The lowest BCUT2D eigenvalue weighted by atomic mass is 9.82. The Morgan fingerprint density at radius 2 is 1.64 bits per heavy atom. The van der Waals surface area contributed by atoms with E-state index in [2.05, 4.69) is 15.9 Å². The molecule has 3 heterocycles. The number of nitrogens with zero attached hydrogens (tertiary/aromatic N) is 3. The molecule has 2 aromatic rings. The van der Waals surface area contributed by atoms with Gasteiger partial charge in [-0.3, -0.25) is 9.11 Å². The molecule has 0 saturated carbocycles. The predicted molar refractivity (Wildman–Crippen MR) is 183 cm³/mol. The van der Waals surface area contributed by atoms with E-state index in [1.165, 1.54) is 18.2 Å². The summed E-state index contributed by atoms with van der Waals surface area (Å²) in [5.41, 5.74) is 2.14. The van der Waals surface area contributed by atoms with Crippen LogP contribution in [0.3, 0.4) is 0 Å². The third kappa shape index (κ3) is 8.78. The molecule has 0 unspecified atom stereocenters. The largest absolute Gasteiger partial charge is 0.744 e. The van der Waals surface area contributed by atoms with Crippen molar-refractivity contribution in [1.29, 1.82) is 0 Å². The summed E-state index contributed by atoms with van der Waals surface area (Å²) in [5, 5.41) is 0.457. The van der Waals surface area contributed by atoms with E-state index < -0.39 is 52.7 Å². The minimum Gasteiger partial charge on any atom is -0.744 e. The maximum atomic E-state index is 11.8. The van der Waals surface area contributed by atoms with Crippen LogP contribution in [0.5, 0.6) is 0 Å². The van der Waals surface area contributed by atoms with Crippen LogP contribution in [0.15, 0.2) is 74.8 Å². The summed E-state index contributed by atoms with van der Waals surface area (Å²) in [6.45, 7) is 8.17. The van der Waals surface area contributed by atoms with Crippen molar-refractivity contribution in [3.05, 3.63) is 81.1 Å². The molecule has 0 atom stereocenters. The zero-order valence-electron chi connectivity index (χ0n) is 26.0. The lowest BCUT2D eigenvalue weighted by molar-refractivity contribution is -0.684. The molecular weight excluding hydrogens is 758 g/mol. The zero-order valence-corrected chi connectivity index (χ0v) is 30.8. The molecule has 0 bridgehead atoms. The molecule has 2 N–H and O–H groups in total. The van der Waals surface area contributed by atoms with E-state index in [1.54, 1.807) is 22.9 Å². The van der Waals surface area contributed by atoms with Crippen molar-refractivity contribution in [2.45, 2.75) is 62.8 Å². The quantitative estimate of drug-likeness (QED) is 0.169. The normalized spacial score (nSPS) is 18.6. The minimum absolute atomic E-state index is 0.0907. The maximum Gasteiger partial charge on any atom is 0.327 e. The standard InChI is InChI=1S/C30H35BrClN3O9S3/c1-29(2)24-17-21(32)19-34(13-5-15-45(36,37)38)28(24)33-26(29)11-7-20(31)8-12-27-30(3,4)23-18-22(47(42,43)44)9-10-25(23)35(27)14-6-16-46(39,40)41/h7-12,17-19H,5-6,13-16H2,1-4H3,(H2-,36,37,38,39,40,41,42,43,44). The van der Waals surface area contributed by atoms with Crippen molar-refractivity contribution in [1.82, 2.24) is 0 Å². The Hall–Kier alpha value is -2.44. The molecule has 47 heavy (non-hydrogen) atoms. The summed E-state index contributed by atoms with van der Waals surface area (Å²) in [7, 11) is -13.0. The van der Waals surface area contributed by atoms with Gasteiger partial charge in [-0.2, -0.15) is 16.8 Å². The van der Waals surface area contributed by atoms with Crippen LogP contribution in [0.25, 0.3) is 0 Å². The summed E-state index contributed by atoms with van der Waals surface area (Å²) in [6, 6.07) is 5.90. The summed E-state index contributed by atoms with van der Waals surface area (Å²) in [5.74, 6) is -0.233. The average molecular weight is 793 g/mol. The Kier molecular flexibility index (Phi) is 10.7. The van der Waals surface area contributed by atoms with Crippen molar-refractivity contribution in [3.63, 3.8) is 0 Å². The zero-order chi connectivity index (χ0) is 35.2. The second-order valence-electron chi connectivity index (χ2n) is 12.3. The number of halogens is 2. The highest BCUT2D eigenvalue weighted by Gasteiger charge is 2.43. The van der Waals surface area contributed by atoms with E-state index in [0.29, 0.717) is 38.0 Å². The topological polar surface area (TPSA) is 185 Å². The van der Waals surface area contributed by atoms with Crippen molar-refractivity contribution in [2.75, 3.05) is 23.0 Å². The van der Waals surface area contributed by atoms with E-state index in [1.807, 2.05) is 50.8 Å². The Labute approximate surface area is 288 Å². The smallest absolute Gasteiger partial charge is 0.327 e. The molecule has 12 nitrogen and oxygen atoms in total. The van der Waals surface area contributed by atoms with Crippen molar-refractivity contribution >= 4 is 75.1 Å². The predicted octanol–water partition coefficient (Wildman–Crippen LogP) is 4.97. The number of aromatic nitrogens is 1. The molecule has 0 aliphatic carbocycles. The Morgan fingerprint density at radius 1 is 1.00 bits per heavy atom. The van der Waals surface area contributed by atoms with Gasteiger partial charge in [0.1, 0.15) is 16.3 Å². The molecule has 1 aromatic heterocycles. The van der Waals surface area contributed by atoms with Crippen LogP contribution in [0.4, 0.5) is 11.5 Å².